The van der Waals surface area contributed by atoms with E-state index in [1.807, 2.05) is 25.1 Å². The lowest BCUT2D eigenvalue weighted by Crippen LogP contribution is -2.45. The van der Waals surface area contributed by atoms with Gasteiger partial charge in [-0.3, -0.25) is 0 Å². The standard InChI is InChI=1S/C33H56N6O8/c1-4-40-25-29-38-30-31(27-7-5-6-8-28(27)37-32(30)35)39(29)26-33(2,3)36-10-12-42-14-16-44-18-20-46-22-24-47-23-21-45-19-17-43-15-13-41-11-9-34/h5-8,36H,4,9-26,34H2,1-3H3,(H2,35,37). The zero-order valence-electron chi connectivity index (χ0n) is 28.5. The van der Waals surface area contributed by atoms with Crippen LogP contribution in [0.3, 0.4) is 0 Å². The Balaban J connectivity index is 1.21. The van der Waals surface area contributed by atoms with E-state index in [0.717, 1.165) is 22.2 Å². The molecule has 0 saturated heterocycles. The number of nitrogens with two attached hydrogens (primary N) is 2. The normalized spacial score (nSPS) is 12.2. The molecule has 0 atom stereocenters. The van der Waals surface area contributed by atoms with Crippen molar-refractivity contribution in [2.24, 2.45) is 5.73 Å². The monoisotopic (exact) mass is 664 g/mol. The van der Waals surface area contributed by atoms with E-state index in [1.54, 1.807) is 0 Å². The first-order valence-electron chi connectivity index (χ1n) is 16.6. The molecular formula is C33H56N6O8. The van der Waals surface area contributed by atoms with E-state index in [1.165, 1.54) is 0 Å². The van der Waals surface area contributed by atoms with Crippen LogP contribution in [-0.2, 0) is 51.0 Å². The number of hydrogen-bond donors (Lipinski definition) is 3. The molecule has 2 aromatic heterocycles. The molecule has 0 spiro atoms. The molecule has 266 valence electrons. The molecule has 2 heterocycles. The lowest BCUT2D eigenvalue weighted by Gasteiger charge is -2.28. The summed E-state index contributed by atoms with van der Waals surface area (Å²) in [6.45, 7) is 16.6. The number of nitrogens with zero attached hydrogens (tertiary/aromatic N) is 3. The lowest BCUT2D eigenvalue weighted by atomic mass is 10.1. The minimum absolute atomic E-state index is 0.253. The van der Waals surface area contributed by atoms with Crippen molar-refractivity contribution in [2.45, 2.75) is 39.5 Å². The Morgan fingerprint density at radius 2 is 1.21 bits per heavy atom. The smallest absolute Gasteiger partial charge is 0.152 e. The van der Waals surface area contributed by atoms with E-state index in [2.05, 4.69) is 34.8 Å². The van der Waals surface area contributed by atoms with Gasteiger partial charge in [0.1, 0.15) is 17.9 Å². The van der Waals surface area contributed by atoms with Crippen LogP contribution < -0.4 is 16.8 Å². The molecule has 3 aromatic rings. The maximum Gasteiger partial charge on any atom is 0.152 e. The number of nitrogens with one attached hydrogen (secondary N) is 1. The number of benzene rings is 1. The van der Waals surface area contributed by atoms with Gasteiger partial charge in [-0.25, -0.2) is 9.97 Å². The van der Waals surface area contributed by atoms with E-state index in [-0.39, 0.29) is 5.54 Å². The van der Waals surface area contributed by atoms with Crippen LogP contribution in [0.5, 0.6) is 0 Å². The second kappa shape index (κ2) is 23.0. The zero-order valence-corrected chi connectivity index (χ0v) is 28.5. The number of fused-ring (bicyclic) bond motifs is 3. The average molecular weight is 665 g/mol. The molecule has 0 aliphatic carbocycles. The van der Waals surface area contributed by atoms with Gasteiger partial charge in [0, 0.05) is 37.2 Å². The van der Waals surface area contributed by atoms with E-state index >= 15 is 0 Å². The van der Waals surface area contributed by atoms with Gasteiger partial charge >= 0.3 is 0 Å². The van der Waals surface area contributed by atoms with Crippen molar-refractivity contribution in [1.82, 2.24) is 19.9 Å². The number of para-hydroxylation sites is 1. The van der Waals surface area contributed by atoms with Gasteiger partial charge in [0.2, 0.25) is 0 Å². The molecule has 0 fully saturated rings. The van der Waals surface area contributed by atoms with Crippen LogP contribution in [-0.4, -0.2) is 132 Å². The maximum absolute atomic E-state index is 6.33. The fourth-order valence-electron chi connectivity index (χ4n) is 4.80. The third-order valence-electron chi connectivity index (χ3n) is 7.02. The highest BCUT2D eigenvalue weighted by Gasteiger charge is 2.24. The van der Waals surface area contributed by atoms with Gasteiger partial charge < -0.3 is 59.2 Å². The molecule has 47 heavy (non-hydrogen) atoms. The second-order valence-electron chi connectivity index (χ2n) is 11.3. The van der Waals surface area contributed by atoms with Crippen LogP contribution in [0.2, 0.25) is 0 Å². The highest BCUT2D eigenvalue weighted by atomic mass is 16.6. The molecule has 0 bridgehead atoms. The summed E-state index contributed by atoms with van der Waals surface area (Å²) in [5.74, 6) is 1.25. The molecule has 5 N–H and O–H groups in total. The van der Waals surface area contributed by atoms with Crippen LogP contribution in [0.15, 0.2) is 24.3 Å². The molecule has 1 aromatic carbocycles. The first-order chi connectivity index (χ1) is 23.0. The number of ether oxygens (including phenoxy) is 8. The van der Waals surface area contributed by atoms with Crippen LogP contribution in [0, 0.1) is 0 Å². The number of anilines is 1. The molecule has 0 amide bonds. The predicted molar refractivity (Wildman–Crippen MR) is 182 cm³/mol. The van der Waals surface area contributed by atoms with Crippen molar-refractivity contribution in [3.05, 3.63) is 30.1 Å². The van der Waals surface area contributed by atoms with E-state index in [4.69, 9.17) is 54.3 Å². The van der Waals surface area contributed by atoms with Gasteiger partial charge in [-0.1, -0.05) is 18.2 Å². The van der Waals surface area contributed by atoms with Gasteiger partial charge in [-0.15, -0.1) is 0 Å². The summed E-state index contributed by atoms with van der Waals surface area (Å²) in [7, 11) is 0. The summed E-state index contributed by atoms with van der Waals surface area (Å²) in [5.41, 5.74) is 14.0. The molecule has 0 unspecified atom stereocenters. The largest absolute Gasteiger partial charge is 0.382 e. The van der Waals surface area contributed by atoms with Gasteiger partial charge in [0.25, 0.3) is 0 Å². The summed E-state index contributed by atoms with van der Waals surface area (Å²) >= 11 is 0. The Hall–Kier alpha value is -2.50. The minimum atomic E-state index is -0.253. The topological polar surface area (TPSA) is 169 Å². The van der Waals surface area contributed by atoms with Crippen LogP contribution in [0.25, 0.3) is 21.9 Å². The number of nitrogen functional groups attached to an aromatic ring is 1. The van der Waals surface area contributed by atoms with Crippen molar-refractivity contribution in [3.8, 4) is 0 Å². The van der Waals surface area contributed by atoms with Crippen molar-refractivity contribution in [1.29, 1.82) is 0 Å². The first kappa shape index (κ1) is 38.9. The summed E-state index contributed by atoms with van der Waals surface area (Å²) in [6.07, 6.45) is 0. The van der Waals surface area contributed by atoms with Gasteiger partial charge in [-0.05, 0) is 26.8 Å². The first-order valence-corrected chi connectivity index (χ1v) is 16.6. The highest BCUT2D eigenvalue weighted by molar-refractivity contribution is 6.06. The number of hydrogen-bond acceptors (Lipinski definition) is 13. The van der Waals surface area contributed by atoms with Crippen molar-refractivity contribution in [2.75, 3.05) is 118 Å². The fourth-order valence-corrected chi connectivity index (χ4v) is 4.80. The molecule has 0 saturated carbocycles. The number of aromatic nitrogens is 3. The summed E-state index contributed by atoms with van der Waals surface area (Å²) in [4.78, 5) is 9.40. The van der Waals surface area contributed by atoms with Gasteiger partial charge in [0.05, 0.1) is 104 Å². The molecule has 0 radical (unpaired) electrons. The Bertz CT molecular complexity index is 1260. The zero-order chi connectivity index (χ0) is 33.6. The van der Waals surface area contributed by atoms with Gasteiger partial charge in [-0.2, -0.15) is 0 Å². The number of imidazole rings is 1. The van der Waals surface area contributed by atoms with Crippen molar-refractivity contribution >= 4 is 27.8 Å². The molecule has 0 aliphatic heterocycles. The average Bonchev–Trinajstić information content (AvgIpc) is 3.42. The lowest BCUT2D eigenvalue weighted by molar-refractivity contribution is -0.0202. The Labute approximate surface area is 278 Å². The summed E-state index contributed by atoms with van der Waals surface area (Å²) in [6, 6.07) is 8.01. The highest BCUT2D eigenvalue weighted by Crippen LogP contribution is 2.30. The third-order valence-corrected chi connectivity index (χ3v) is 7.02. The second-order valence-corrected chi connectivity index (χ2v) is 11.3. The predicted octanol–water partition coefficient (Wildman–Crippen LogP) is 2.15. The molecule has 0 aliphatic rings. The van der Waals surface area contributed by atoms with E-state index in [0.29, 0.717) is 137 Å². The molecule has 3 rings (SSSR count). The Morgan fingerprint density at radius 3 is 1.74 bits per heavy atom. The quantitative estimate of drug-likeness (QED) is 0.0924. The number of pyridine rings is 1. The van der Waals surface area contributed by atoms with Crippen molar-refractivity contribution < 1.29 is 37.9 Å². The maximum atomic E-state index is 6.33. The fraction of sp³-hybridized carbons (Fsp3) is 0.697. The molecular weight excluding hydrogens is 608 g/mol. The SMILES string of the molecule is CCOCc1nc2c(N)nc3ccccc3c2n1CC(C)(C)NCCOCCOCCOCCOCCOCCOCCOCCN. The summed E-state index contributed by atoms with van der Waals surface area (Å²) in [5, 5.41) is 4.63. The Morgan fingerprint density at radius 1 is 0.702 bits per heavy atom. The van der Waals surface area contributed by atoms with E-state index < -0.39 is 0 Å². The number of rotatable bonds is 29. The third kappa shape index (κ3) is 14.7. The summed E-state index contributed by atoms with van der Waals surface area (Å²) < 4.78 is 46.4. The van der Waals surface area contributed by atoms with Crippen LogP contribution in [0.1, 0.15) is 26.6 Å². The van der Waals surface area contributed by atoms with E-state index in [9.17, 15) is 0 Å². The Kier molecular flexibility index (Phi) is 19.0. The van der Waals surface area contributed by atoms with Crippen LogP contribution in [0.4, 0.5) is 5.82 Å². The van der Waals surface area contributed by atoms with Crippen LogP contribution >= 0.6 is 0 Å². The minimum Gasteiger partial charge on any atom is -0.382 e. The van der Waals surface area contributed by atoms with Gasteiger partial charge in [0.15, 0.2) is 5.82 Å². The molecule has 14 nitrogen and oxygen atoms in total. The van der Waals surface area contributed by atoms with Crippen molar-refractivity contribution in [3.63, 3.8) is 0 Å². The molecule has 14 heteroatoms.